The van der Waals surface area contributed by atoms with Gasteiger partial charge in [0, 0.05) is 13.1 Å². The molecule has 0 spiro atoms. The second kappa shape index (κ2) is 6.91. The maximum Gasteiger partial charge on any atom is 0.318 e. The summed E-state index contributed by atoms with van der Waals surface area (Å²) in [6.07, 6.45) is 4.03. The van der Waals surface area contributed by atoms with Gasteiger partial charge in [0.05, 0.1) is 13.3 Å². The Morgan fingerprint density at radius 3 is 3.16 bits per heavy atom. The lowest BCUT2D eigenvalue weighted by Gasteiger charge is -2.34. The molecular weight excluding hydrogens is 264 g/mol. The number of hydrogen-bond donors (Lipinski definition) is 1. The topological polar surface area (TPSA) is 50.3 Å². The van der Waals surface area contributed by atoms with Crippen LogP contribution in [0.15, 0.2) is 6.20 Å². The molecule has 0 bridgehead atoms. The first-order valence-electron chi connectivity index (χ1n) is 6.76. The summed E-state index contributed by atoms with van der Waals surface area (Å²) in [6, 6.07) is 0.369. The Morgan fingerprint density at radius 1 is 1.58 bits per heavy atom. The molecule has 1 atom stereocenters. The average Bonchev–Trinajstić information content (AvgIpc) is 2.46. The van der Waals surface area contributed by atoms with Gasteiger partial charge in [-0.1, -0.05) is 18.5 Å². The Hall–Kier alpha value is -1.07. The molecule has 0 radical (unpaired) electrons. The van der Waals surface area contributed by atoms with Crippen molar-refractivity contribution in [3.8, 4) is 6.01 Å². The normalized spacial score (nSPS) is 19.5. The summed E-state index contributed by atoms with van der Waals surface area (Å²) in [4.78, 5) is 10.6. The molecule has 0 amide bonds. The number of hydrogen-bond acceptors (Lipinski definition) is 5. The number of anilines is 1. The van der Waals surface area contributed by atoms with Crippen LogP contribution in [0.25, 0.3) is 0 Å². The zero-order chi connectivity index (χ0) is 13.7. The van der Waals surface area contributed by atoms with E-state index in [4.69, 9.17) is 16.3 Å². The molecule has 5 nitrogen and oxygen atoms in total. The van der Waals surface area contributed by atoms with Crippen molar-refractivity contribution in [3.05, 3.63) is 11.2 Å². The van der Waals surface area contributed by atoms with Crippen LogP contribution in [0.4, 0.5) is 5.82 Å². The Balaban J connectivity index is 2.08. The van der Waals surface area contributed by atoms with Crippen LogP contribution in [-0.2, 0) is 0 Å². The van der Waals surface area contributed by atoms with Crippen molar-refractivity contribution in [2.24, 2.45) is 5.92 Å². The molecule has 1 N–H and O–H groups in total. The van der Waals surface area contributed by atoms with Crippen LogP contribution < -0.4 is 15.0 Å². The zero-order valence-electron chi connectivity index (χ0n) is 11.5. The van der Waals surface area contributed by atoms with Gasteiger partial charge in [-0.15, -0.1) is 0 Å². The van der Waals surface area contributed by atoms with Gasteiger partial charge >= 0.3 is 6.01 Å². The van der Waals surface area contributed by atoms with Crippen LogP contribution in [0.1, 0.15) is 19.8 Å². The minimum atomic E-state index is 0.369. The van der Waals surface area contributed by atoms with Crippen LogP contribution in [-0.4, -0.2) is 43.3 Å². The fraction of sp³-hybridized carbons (Fsp3) is 0.692. The number of methoxy groups -OCH3 is 1. The number of nitrogens with zero attached hydrogens (tertiary/aromatic N) is 3. The molecule has 2 heterocycles. The molecule has 1 aliphatic heterocycles. The lowest BCUT2D eigenvalue weighted by Crippen LogP contribution is -2.40. The van der Waals surface area contributed by atoms with E-state index in [-0.39, 0.29) is 0 Å². The lowest BCUT2D eigenvalue weighted by molar-refractivity contribution is 0.374. The zero-order valence-corrected chi connectivity index (χ0v) is 12.3. The van der Waals surface area contributed by atoms with Crippen LogP contribution in [0.2, 0.25) is 5.02 Å². The first-order valence-corrected chi connectivity index (χ1v) is 7.14. The summed E-state index contributed by atoms with van der Waals surface area (Å²) in [5, 5.41) is 4.00. The van der Waals surface area contributed by atoms with E-state index >= 15 is 0 Å². The summed E-state index contributed by atoms with van der Waals surface area (Å²) in [5.74, 6) is 1.43. The molecule has 0 aromatic carbocycles. The molecule has 1 aliphatic rings. The number of halogens is 1. The molecular formula is C13H21ClN4O. The molecule has 6 heteroatoms. The van der Waals surface area contributed by atoms with Gasteiger partial charge < -0.3 is 15.0 Å². The summed E-state index contributed by atoms with van der Waals surface area (Å²) in [6.45, 7) is 6.16. The summed E-state index contributed by atoms with van der Waals surface area (Å²) in [7, 11) is 1.57. The Kier molecular flexibility index (Phi) is 5.22. The Bertz CT molecular complexity index is 416. The van der Waals surface area contributed by atoms with E-state index in [1.807, 2.05) is 0 Å². The molecule has 2 rings (SSSR count). The predicted octanol–water partition coefficient (Wildman–Crippen LogP) is 1.96. The van der Waals surface area contributed by atoms with Crippen molar-refractivity contribution in [3.63, 3.8) is 0 Å². The average molecular weight is 285 g/mol. The van der Waals surface area contributed by atoms with Crippen molar-refractivity contribution >= 4 is 17.4 Å². The van der Waals surface area contributed by atoms with Gasteiger partial charge in [-0.25, -0.2) is 4.98 Å². The lowest BCUT2D eigenvalue weighted by atomic mass is 9.98. The molecule has 1 fully saturated rings. The van der Waals surface area contributed by atoms with Gasteiger partial charge in [0.1, 0.15) is 5.02 Å². The predicted molar refractivity (Wildman–Crippen MR) is 77.1 cm³/mol. The minimum Gasteiger partial charge on any atom is -0.467 e. The first kappa shape index (κ1) is 14.3. The van der Waals surface area contributed by atoms with E-state index in [0.29, 0.717) is 17.0 Å². The summed E-state index contributed by atoms with van der Waals surface area (Å²) >= 11 is 6.20. The van der Waals surface area contributed by atoms with Crippen LogP contribution in [0.5, 0.6) is 6.01 Å². The third-order valence-electron chi connectivity index (χ3n) is 3.39. The molecule has 1 aromatic heterocycles. The number of nitrogens with one attached hydrogen (secondary N) is 1. The highest BCUT2D eigenvalue weighted by Gasteiger charge is 2.22. The fourth-order valence-electron chi connectivity index (χ4n) is 2.44. The fourth-order valence-corrected chi connectivity index (χ4v) is 2.65. The highest BCUT2D eigenvalue weighted by Crippen LogP contribution is 2.28. The third kappa shape index (κ3) is 3.70. The van der Waals surface area contributed by atoms with E-state index in [1.165, 1.54) is 12.8 Å². The quantitative estimate of drug-likeness (QED) is 0.896. The second-order valence-corrected chi connectivity index (χ2v) is 5.20. The monoisotopic (exact) mass is 284 g/mol. The van der Waals surface area contributed by atoms with Crippen molar-refractivity contribution in [1.29, 1.82) is 0 Å². The maximum absolute atomic E-state index is 6.20. The SMILES string of the molecule is CCNCC1CCCN(c2nc(OC)ncc2Cl)C1. The van der Waals surface area contributed by atoms with Gasteiger partial charge in [0.15, 0.2) is 5.82 Å². The highest BCUT2D eigenvalue weighted by atomic mass is 35.5. The Labute approximate surface area is 119 Å². The molecule has 19 heavy (non-hydrogen) atoms. The molecule has 1 unspecified atom stereocenters. The number of rotatable bonds is 5. The smallest absolute Gasteiger partial charge is 0.318 e. The largest absolute Gasteiger partial charge is 0.467 e. The Morgan fingerprint density at radius 2 is 2.42 bits per heavy atom. The van der Waals surface area contributed by atoms with Crippen molar-refractivity contribution in [1.82, 2.24) is 15.3 Å². The van der Waals surface area contributed by atoms with Crippen LogP contribution in [0.3, 0.4) is 0 Å². The number of piperidine rings is 1. The van der Waals surface area contributed by atoms with Crippen molar-refractivity contribution in [2.75, 3.05) is 38.2 Å². The number of ether oxygens (including phenoxy) is 1. The molecule has 0 saturated carbocycles. The number of aromatic nitrogens is 2. The second-order valence-electron chi connectivity index (χ2n) is 4.79. The van der Waals surface area contributed by atoms with Crippen LogP contribution >= 0.6 is 11.6 Å². The van der Waals surface area contributed by atoms with E-state index in [9.17, 15) is 0 Å². The van der Waals surface area contributed by atoms with Gasteiger partial charge in [0.2, 0.25) is 0 Å². The van der Waals surface area contributed by atoms with Gasteiger partial charge in [-0.2, -0.15) is 4.98 Å². The molecule has 0 aliphatic carbocycles. The summed E-state index contributed by atoms with van der Waals surface area (Å²) in [5.41, 5.74) is 0. The summed E-state index contributed by atoms with van der Waals surface area (Å²) < 4.78 is 5.07. The van der Waals surface area contributed by atoms with Crippen molar-refractivity contribution < 1.29 is 4.74 Å². The first-order chi connectivity index (χ1) is 9.24. The van der Waals surface area contributed by atoms with Gasteiger partial charge in [0.25, 0.3) is 0 Å². The maximum atomic E-state index is 6.20. The van der Waals surface area contributed by atoms with Crippen molar-refractivity contribution in [2.45, 2.75) is 19.8 Å². The third-order valence-corrected chi connectivity index (χ3v) is 3.65. The van der Waals surface area contributed by atoms with E-state index < -0.39 is 0 Å². The standard InChI is InChI=1S/C13H21ClN4O/c1-3-15-7-10-5-4-6-18(9-10)12-11(14)8-16-13(17-12)19-2/h8,10,15H,3-7,9H2,1-2H3. The highest BCUT2D eigenvalue weighted by molar-refractivity contribution is 6.32. The van der Waals surface area contributed by atoms with Crippen LogP contribution in [0, 0.1) is 5.92 Å². The van der Waals surface area contributed by atoms with E-state index in [0.717, 1.165) is 32.0 Å². The molecule has 1 aromatic rings. The molecule has 106 valence electrons. The minimum absolute atomic E-state index is 0.369. The van der Waals surface area contributed by atoms with Gasteiger partial charge in [-0.3, -0.25) is 0 Å². The van der Waals surface area contributed by atoms with Gasteiger partial charge in [-0.05, 0) is 31.8 Å². The van der Waals surface area contributed by atoms with E-state index in [1.54, 1.807) is 13.3 Å². The molecule has 1 saturated heterocycles. The van der Waals surface area contributed by atoms with E-state index in [2.05, 4.69) is 27.1 Å².